The van der Waals surface area contributed by atoms with E-state index >= 15 is 0 Å². The molecule has 126 valence electrons. The molecule has 2 aromatic carbocycles. The van der Waals surface area contributed by atoms with E-state index in [4.69, 9.17) is 23.2 Å². The molecule has 3 aromatic rings. The topological polar surface area (TPSA) is 64.0 Å². The molecule has 8 heteroatoms. The summed E-state index contributed by atoms with van der Waals surface area (Å²) in [5.41, 5.74) is 1.12. The number of anilines is 1. The first-order chi connectivity index (χ1) is 12.0. The van der Waals surface area contributed by atoms with Crippen molar-refractivity contribution in [1.29, 1.82) is 0 Å². The number of amides is 1. The fraction of sp³-hybridized carbons (Fsp3) is 0. The monoisotopic (exact) mass is 485 g/mol. The predicted molar refractivity (Wildman–Crippen MR) is 107 cm³/mol. The van der Waals surface area contributed by atoms with Gasteiger partial charge in [-0.15, -0.1) is 0 Å². The number of nitrogens with zero attached hydrogens (tertiary/aromatic N) is 2. The Labute approximate surface area is 166 Å². The number of nitrogens with one attached hydrogen (secondary N) is 1. The van der Waals surface area contributed by atoms with Crippen LogP contribution in [0, 0.1) is 3.57 Å². The normalized spacial score (nSPS) is 10.5. The molecule has 1 amide bonds. The fourth-order valence-corrected chi connectivity index (χ4v) is 2.92. The van der Waals surface area contributed by atoms with Crippen LogP contribution < -0.4 is 10.9 Å². The molecule has 1 N–H and O–H groups in total. The van der Waals surface area contributed by atoms with Crippen molar-refractivity contribution < 1.29 is 4.79 Å². The molecule has 1 heterocycles. The van der Waals surface area contributed by atoms with Crippen LogP contribution in [-0.4, -0.2) is 15.7 Å². The Morgan fingerprint density at radius 1 is 1.12 bits per heavy atom. The number of aromatic nitrogens is 2. The summed E-state index contributed by atoms with van der Waals surface area (Å²) in [7, 11) is 0. The van der Waals surface area contributed by atoms with E-state index in [1.165, 1.54) is 6.20 Å². The minimum Gasteiger partial charge on any atom is -0.322 e. The Bertz CT molecular complexity index is 1000. The lowest BCUT2D eigenvalue weighted by molar-refractivity contribution is 0.102. The van der Waals surface area contributed by atoms with Crippen molar-refractivity contribution in [3.05, 3.63) is 84.3 Å². The second kappa shape index (κ2) is 7.55. The average Bonchev–Trinajstić information content (AvgIpc) is 2.60. The average molecular weight is 486 g/mol. The van der Waals surface area contributed by atoms with Crippen molar-refractivity contribution in [2.75, 3.05) is 5.32 Å². The molecule has 5 nitrogen and oxygen atoms in total. The van der Waals surface area contributed by atoms with Gasteiger partial charge in [-0.25, -0.2) is 0 Å². The number of hydrogen-bond acceptors (Lipinski definition) is 3. The quantitative estimate of drug-likeness (QED) is 0.559. The molecule has 0 radical (unpaired) electrons. The molecule has 0 unspecified atom stereocenters. The SMILES string of the molecule is O=C(Nc1cccc(I)c1)c1ccc(-n2ncc(Cl)c(Cl)c2=O)cc1. The number of carbonyl (C=O) groups is 1. The van der Waals surface area contributed by atoms with Gasteiger partial charge in [-0.1, -0.05) is 29.3 Å². The second-order valence-corrected chi connectivity index (χ2v) is 7.07. The Morgan fingerprint density at radius 3 is 2.52 bits per heavy atom. The van der Waals surface area contributed by atoms with Gasteiger partial charge in [0.1, 0.15) is 5.02 Å². The van der Waals surface area contributed by atoms with Gasteiger partial charge in [0.2, 0.25) is 0 Å². The van der Waals surface area contributed by atoms with E-state index in [9.17, 15) is 9.59 Å². The third kappa shape index (κ3) is 4.02. The van der Waals surface area contributed by atoms with Gasteiger partial charge in [0, 0.05) is 14.8 Å². The third-order valence-electron chi connectivity index (χ3n) is 3.33. The van der Waals surface area contributed by atoms with Crippen molar-refractivity contribution in [2.24, 2.45) is 0 Å². The van der Waals surface area contributed by atoms with Gasteiger partial charge in [0.05, 0.1) is 16.9 Å². The van der Waals surface area contributed by atoms with Crippen molar-refractivity contribution in [2.45, 2.75) is 0 Å². The summed E-state index contributed by atoms with van der Waals surface area (Å²) in [6, 6.07) is 13.9. The first-order valence-corrected chi connectivity index (χ1v) is 8.90. The van der Waals surface area contributed by atoms with Crippen LogP contribution in [0.15, 0.2) is 59.5 Å². The van der Waals surface area contributed by atoms with Gasteiger partial charge in [0.25, 0.3) is 11.5 Å². The van der Waals surface area contributed by atoms with E-state index in [0.717, 1.165) is 8.25 Å². The minimum atomic E-state index is -0.523. The zero-order valence-corrected chi connectivity index (χ0v) is 16.2. The van der Waals surface area contributed by atoms with Gasteiger partial charge in [0.15, 0.2) is 0 Å². The van der Waals surface area contributed by atoms with Crippen molar-refractivity contribution >= 4 is 57.4 Å². The van der Waals surface area contributed by atoms with Gasteiger partial charge < -0.3 is 5.32 Å². The lowest BCUT2D eigenvalue weighted by Gasteiger charge is -2.08. The zero-order valence-electron chi connectivity index (χ0n) is 12.5. The Kier molecular flexibility index (Phi) is 5.41. The molecule has 3 rings (SSSR count). The highest BCUT2D eigenvalue weighted by atomic mass is 127. The van der Waals surface area contributed by atoms with E-state index < -0.39 is 5.56 Å². The number of rotatable bonds is 3. The summed E-state index contributed by atoms with van der Waals surface area (Å²) in [5.74, 6) is -0.247. The van der Waals surface area contributed by atoms with E-state index in [-0.39, 0.29) is 16.0 Å². The minimum absolute atomic E-state index is 0.0939. The molecular weight excluding hydrogens is 476 g/mol. The number of carbonyl (C=O) groups excluding carboxylic acids is 1. The Hall–Kier alpha value is -1.90. The molecule has 0 saturated carbocycles. The molecule has 0 spiro atoms. The first kappa shape index (κ1) is 17.9. The van der Waals surface area contributed by atoms with Crippen LogP contribution in [0.25, 0.3) is 5.69 Å². The van der Waals surface area contributed by atoms with Crippen molar-refractivity contribution in [1.82, 2.24) is 9.78 Å². The number of hydrogen-bond donors (Lipinski definition) is 1. The van der Waals surface area contributed by atoms with E-state index in [0.29, 0.717) is 16.9 Å². The molecular formula is C17H10Cl2IN3O2. The predicted octanol–water partition coefficient (Wildman–Crippen LogP) is 4.40. The van der Waals surface area contributed by atoms with Crippen LogP contribution in [0.4, 0.5) is 5.69 Å². The first-order valence-electron chi connectivity index (χ1n) is 7.06. The Morgan fingerprint density at radius 2 is 1.84 bits per heavy atom. The molecule has 1 aromatic heterocycles. The molecule has 0 saturated heterocycles. The third-order valence-corrected chi connectivity index (χ3v) is 4.75. The molecule has 25 heavy (non-hydrogen) atoms. The Balaban J connectivity index is 1.84. The van der Waals surface area contributed by atoms with Gasteiger partial charge in [-0.05, 0) is 65.1 Å². The maximum Gasteiger partial charge on any atom is 0.291 e. The number of benzene rings is 2. The van der Waals surface area contributed by atoms with Crippen molar-refractivity contribution in [3.8, 4) is 5.69 Å². The molecule has 0 aliphatic heterocycles. The maximum absolute atomic E-state index is 12.3. The van der Waals surface area contributed by atoms with Crippen LogP contribution in [0.5, 0.6) is 0 Å². The fourth-order valence-electron chi connectivity index (χ4n) is 2.12. The zero-order chi connectivity index (χ0) is 18.0. The molecule has 0 aliphatic rings. The molecule has 0 atom stereocenters. The van der Waals surface area contributed by atoms with Crippen LogP contribution in [0.1, 0.15) is 10.4 Å². The number of halogens is 3. The molecule has 0 bridgehead atoms. The summed E-state index contributed by atoms with van der Waals surface area (Å²) < 4.78 is 2.14. The standard InChI is InChI=1S/C17H10Cl2IN3O2/c18-14-9-21-23(17(25)15(14)19)13-6-4-10(5-7-13)16(24)22-12-3-1-2-11(20)8-12/h1-9H,(H,22,24). The van der Waals surface area contributed by atoms with Crippen molar-refractivity contribution in [3.63, 3.8) is 0 Å². The van der Waals surface area contributed by atoms with Crippen LogP contribution in [0.3, 0.4) is 0 Å². The molecule has 0 fully saturated rings. The van der Waals surface area contributed by atoms with Crippen LogP contribution in [-0.2, 0) is 0 Å². The highest BCUT2D eigenvalue weighted by Gasteiger charge is 2.11. The summed E-state index contributed by atoms with van der Waals surface area (Å²) in [6.07, 6.45) is 1.29. The van der Waals surface area contributed by atoms with Crippen LogP contribution in [0.2, 0.25) is 10.0 Å². The summed E-state index contributed by atoms with van der Waals surface area (Å²) in [5, 5.41) is 6.76. The highest BCUT2D eigenvalue weighted by Crippen LogP contribution is 2.17. The summed E-state index contributed by atoms with van der Waals surface area (Å²) in [6.45, 7) is 0. The van der Waals surface area contributed by atoms with Gasteiger partial charge in [-0.3, -0.25) is 9.59 Å². The highest BCUT2D eigenvalue weighted by molar-refractivity contribution is 14.1. The summed E-state index contributed by atoms with van der Waals surface area (Å²) in [4.78, 5) is 24.4. The lowest BCUT2D eigenvalue weighted by atomic mass is 10.2. The maximum atomic E-state index is 12.3. The summed E-state index contributed by atoms with van der Waals surface area (Å²) >= 11 is 13.8. The van der Waals surface area contributed by atoms with Crippen LogP contribution >= 0.6 is 45.8 Å². The van der Waals surface area contributed by atoms with E-state index in [2.05, 4.69) is 33.0 Å². The largest absolute Gasteiger partial charge is 0.322 e. The van der Waals surface area contributed by atoms with E-state index in [1.807, 2.05) is 24.3 Å². The van der Waals surface area contributed by atoms with Gasteiger partial charge >= 0.3 is 0 Å². The van der Waals surface area contributed by atoms with E-state index in [1.54, 1.807) is 24.3 Å². The second-order valence-electron chi connectivity index (χ2n) is 5.03. The smallest absolute Gasteiger partial charge is 0.291 e. The lowest BCUT2D eigenvalue weighted by Crippen LogP contribution is -2.21. The molecule has 0 aliphatic carbocycles. The van der Waals surface area contributed by atoms with Gasteiger partial charge in [-0.2, -0.15) is 9.78 Å².